The molecule has 8 heteroatoms. The lowest BCUT2D eigenvalue weighted by molar-refractivity contribution is -0.141. The molecule has 1 atom stereocenters. The molecule has 0 radical (unpaired) electrons. The molecule has 5 rings (SSSR count). The van der Waals surface area contributed by atoms with Crippen molar-refractivity contribution in [2.45, 2.75) is 6.10 Å². The number of rotatable bonds is 2. The van der Waals surface area contributed by atoms with E-state index in [1.807, 2.05) is 41.3 Å². The summed E-state index contributed by atoms with van der Waals surface area (Å²) >= 11 is 0. The summed E-state index contributed by atoms with van der Waals surface area (Å²) in [6.45, 7) is 2.87. The van der Waals surface area contributed by atoms with Gasteiger partial charge in [0.05, 0.1) is 0 Å². The highest BCUT2D eigenvalue weighted by molar-refractivity contribution is 5.82. The molecule has 0 aliphatic carbocycles. The van der Waals surface area contributed by atoms with Crippen LogP contribution < -0.4 is 14.4 Å². The third-order valence-electron chi connectivity index (χ3n) is 5.02. The summed E-state index contributed by atoms with van der Waals surface area (Å²) in [4.78, 5) is 29.9. The van der Waals surface area contributed by atoms with Crippen LogP contribution >= 0.6 is 0 Å². The highest BCUT2D eigenvalue weighted by atomic mass is 16.6. The summed E-state index contributed by atoms with van der Waals surface area (Å²) in [6, 6.07) is 11.3. The van der Waals surface area contributed by atoms with Crippen molar-refractivity contribution < 1.29 is 14.3 Å². The van der Waals surface area contributed by atoms with Crippen molar-refractivity contribution in [3.63, 3.8) is 0 Å². The summed E-state index contributed by atoms with van der Waals surface area (Å²) in [5.41, 5.74) is 1.40. The summed E-state index contributed by atoms with van der Waals surface area (Å²) in [5, 5.41) is 0. The van der Waals surface area contributed by atoms with Gasteiger partial charge in [0.2, 0.25) is 6.10 Å². The van der Waals surface area contributed by atoms with Crippen molar-refractivity contribution in [1.29, 1.82) is 0 Å². The average Bonchev–Trinajstić information content (AvgIpc) is 2.78. The zero-order valence-electron chi connectivity index (χ0n) is 15.2. The number of benzene rings is 1. The number of pyridine rings is 1. The van der Waals surface area contributed by atoms with Crippen LogP contribution in [0, 0.1) is 0 Å². The number of aromatic nitrogens is 3. The van der Waals surface area contributed by atoms with Crippen LogP contribution in [0.1, 0.15) is 0 Å². The number of fused-ring (bicyclic) bond motifs is 2. The average molecular weight is 377 g/mol. The summed E-state index contributed by atoms with van der Waals surface area (Å²) < 4.78 is 11.5. The van der Waals surface area contributed by atoms with Gasteiger partial charge in [0, 0.05) is 38.6 Å². The van der Waals surface area contributed by atoms with Crippen molar-refractivity contribution in [3.8, 4) is 11.5 Å². The lowest BCUT2D eigenvalue weighted by Crippen LogP contribution is -2.54. The van der Waals surface area contributed by atoms with Gasteiger partial charge in [-0.25, -0.2) is 9.97 Å². The van der Waals surface area contributed by atoms with Crippen LogP contribution in [0.3, 0.4) is 0 Å². The van der Waals surface area contributed by atoms with E-state index in [9.17, 15) is 4.79 Å². The maximum atomic E-state index is 12.8. The van der Waals surface area contributed by atoms with E-state index in [1.54, 1.807) is 12.4 Å². The largest absolute Gasteiger partial charge is 0.485 e. The van der Waals surface area contributed by atoms with Gasteiger partial charge in [0.15, 0.2) is 17.1 Å². The number of amides is 1. The smallest absolute Gasteiger partial charge is 0.267 e. The zero-order chi connectivity index (χ0) is 18.9. The Balaban J connectivity index is 1.23. The predicted molar refractivity (Wildman–Crippen MR) is 102 cm³/mol. The number of anilines is 1. The number of hydrogen-bond acceptors (Lipinski definition) is 7. The van der Waals surface area contributed by atoms with Crippen molar-refractivity contribution >= 4 is 22.9 Å². The molecule has 0 spiro atoms. The Hall–Kier alpha value is -3.42. The van der Waals surface area contributed by atoms with Gasteiger partial charge in [-0.3, -0.25) is 9.78 Å². The predicted octanol–water partition coefficient (Wildman–Crippen LogP) is 1.51. The topological polar surface area (TPSA) is 80.7 Å². The number of ether oxygens (including phenoxy) is 2. The molecule has 1 amide bonds. The van der Waals surface area contributed by atoms with E-state index in [-0.39, 0.29) is 12.5 Å². The molecule has 8 nitrogen and oxygen atoms in total. The Morgan fingerprint density at radius 1 is 0.964 bits per heavy atom. The molecule has 28 heavy (non-hydrogen) atoms. The van der Waals surface area contributed by atoms with Gasteiger partial charge >= 0.3 is 0 Å². The molecule has 2 aliphatic heterocycles. The molecule has 1 unspecified atom stereocenters. The molecule has 0 N–H and O–H groups in total. The Morgan fingerprint density at radius 2 is 1.75 bits per heavy atom. The van der Waals surface area contributed by atoms with Crippen molar-refractivity contribution in [1.82, 2.24) is 19.9 Å². The molecule has 0 saturated carbocycles. The van der Waals surface area contributed by atoms with Crippen LogP contribution in [0.2, 0.25) is 0 Å². The monoisotopic (exact) mass is 377 g/mol. The van der Waals surface area contributed by atoms with Crippen LogP contribution in [0.4, 0.5) is 5.82 Å². The number of para-hydroxylation sites is 2. The molecule has 142 valence electrons. The first-order valence-corrected chi connectivity index (χ1v) is 9.28. The molecule has 4 heterocycles. The molecular weight excluding hydrogens is 358 g/mol. The first-order chi connectivity index (χ1) is 13.8. The van der Waals surface area contributed by atoms with E-state index in [4.69, 9.17) is 9.47 Å². The zero-order valence-corrected chi connectivity index (χ0v) is 15.2. The van der Waals surface area contributed by atoms with Gasteiger partial charge in [0.1, 0.15) is 17.9 Å². The third-order valence-corrected chi connectivity index (χ3v) is 5.02. The van der Waals surface area contributed by atoms with Crippen molar-refractivity contribution in [2.24, 2.45) is 0 Å². The summed E-state index contributed by atoms with van der Waals surface area (Å²) in [5.74, 6) is 2.12. The van der Waals surface area contributed by atoms with E-state index in [0.717, 1.165) is 11.3 Å². The second kappa shape index (κ2) is 6.95. The number of carbonyl (C=O) groups is 1. The Bertz CT molecular complexity index is 1020. The normalized spacial score (nSPS) is 18.9. The lowest BCUT2D eigenvalue weighted by atomic mass is 10.2. The van der Waals surface area contributed by atoms with Gasteiger partial charge in [-0.2, -0.15) is 0 Å². The minimum absolute atomic E-state index is 0.0357. The quantitative estimate of drug-likeness (QED) is 0.670. The first-order valence-electron chi connectivity index (χ1n) is 9.28. The molecule has 1 fully saturated rings. The molecule has 2 aromatic heterocycles. The van der Waals surface area contributed by atoms with Crippen LogP contribution in [0.5, 0.6) is 11.5 Å². The first kappa shape index (κ1) is 16.7. The van der Waals surface area contributed by atoms with E-state index >= 15 is 0 Å². The lowest BCUT2D eigenvalue weighted by Gasteiger charge is -2.37. The van der Waals surface area contributed by atoms with Gasteiger partial charge in [0.25, 0.3) is 5.91 Å². The molecule has 1 saturated heterocycles. The van der Waals surface area contributed by atoms with Crippen molar-refractivity contribution in [2.75, 3.05) is 37.7 Å². The Labute approximate surface area is 161 Å². The van der Waals surface area contributed by atoms with Gasteiger partial charge in [-0.1, -0.05) is 12.1 Å². The Kier molecular flexibility index (Phi) is 4.16. The molecule has 1 aromatic carbocycles. The van der Waals surface area contributed by atoms with Crippen LogP contribution in [-0.4, -0.2) is 64.6 Å². The van der Waals surface area contributed by atoms with E-state index in [0.29, 0.717) is 43.3 Å². The van der Waals surface area contributed by atoms with Crippen LogP contribution in [-0.2, 0) is 4.79 Å². The second-order valence-corrected chi connectivity index (χ2v) is 6.75. The summed E-state index contributed by atoms with van der Waals surface area (Å²) in [7, 11) is 0. The summed E-state index contributed by atoms with van der Waals surface area (Å²) in [6.07, 6.45) is 2.69. The van der Waals surface area contributed by atoms with E-state index in [1.165, 1.54) is 0 Å². The van der Waals surface area contributed by atoms with Gasteiger partial charge in [-0.15, -0.1) is 0 Å². The van der Waals surface area contributed by atoms with Crippen LogP contribution in [0.15, 0.2) is 48.8 Å². The Morgan fingerprint density at radius 3 is 2.61 bits per heavy atom. The molecular formula is C20H19N5O3. The van der Waals surface area contributed by atoms with Gasteiger partial charge < -0.3 is 19.3 Å². The fourth-order valence-electron chi connectivity index (χ4n) is 3.52. The van der Waals surface area contributed by atoms with Gasteiger partial charge in [-0.05, 0) is 24.3 Å². The van der Waals surface area contributed by atoms with Crippen LogP contribution in [0.25, 0.3) is 11.2 Å². The molecule has 3 aromatic rings. The minimum Gasteiger partial charge on any atom is -0.485 e. The number of hydrogen-bond donors (Lipinski definition) is 0. The molecule has 0 bridgehead atoms. The minimum atomic E-state index is -0.601. The number of piperazine rings is 1. The highest BCUT2D eigenvalue weighted by Gasteiger charge is 2.32. The standard InChI is InChI=1S/C20H19N5O3/c26-20(17-13-27-15-3-1-2-4-16(15)28-17)25-11-9-24(10-12-25)18-6-5-14-19(23-18)22-8-7-21-14/h1-8,17H,9-13H2. The third kappa shape index (κ3) is 3.06. The SMILES string of the molecule is O=C(C1COc2ccccc2O1)N1CCN(c2ccc3nccnc3n2)CC1. The molecule has 2 aliphatic rings. The fraction of sp³-hybridized carbons (Fsp3) is 0.300. The number of carbonyl (C=O) groups excluding carboxylic acids is 1. The maximum Gasteiger partial charge on any atom is 0.267 e. The fourth-order valence-corrected chi connectivity index (χ4v) is 3.52. The van der Waals surface area contributed by atoms with Crippen molar-refractivity contribution in [3.05, 3.63) is 48.8 Å². The van der Waals surface area contributed by atoms with E-state index < -0.39 is 6.10 Å². The van der Waals surface area contributed by atoms with E-state index in [2.05, 4.69) is 19.9 Å². The maximum absolute atomic E-state index is 12.8. The number of nitrogens with zero attached hydrogens (tertiary/aromatic N) is 5. The second-order valence-electron chi connectivity index (χ2n) is 6.75. The highest BCUT2D eigenvalue weighted by Crippen LogP contribution is 2.31.